The highest BCUT2D eigenvalue weighted by molar-refractivity contribution is 6.36. The number of aryl methyl sites for hydroxylation is 1. The molecule has 1 unspecified atom stereocenters. The van der Waals surface area contributed by atoms with E-state index >= 15 is 0 Å². The molecule has 2 amide bonds. The molecule has 0 bridgehead atoms. The number of nitrogens with two attached hydrogens (primary N) is 1. The molecule has 2 heterocycles. The molecule has 188 valence electrons. The number of carbonyl (C=O) groups is 3. The molecule has 2 aliphatic rings. The number of halogens is 1. The Bertz CT molecular complexity index is 1140. The third-order valence-corrected chi connectivity index (χ3v) is 7.11. The number of fused-ring (bicyclic) bond motifs is 2. The van der Waals surface area contributed by atoms with Gasteiger partial charge in [-0.25, -0.2) is 4.79 Å². The van der Waals surface area contributed by atoms with E-state index in [1.807, 2.05) is 13.0 Å². The molecule has 1 aliphatic heterocycles. The van der Waals surface area contributed by atoms with Crippen LogP contribution >= 0.6 is 11.6 Å². The fraction of sp³-hybridized carbons (Fsp3) is 0.520. The fourth-order valence-corrected chi connectivity index (χ4v) is 5.10. The van der Waals surface area contributed by atoms with Gasteiger partial charge in [0.1, 0.15) is 0 Å². The summed E-state index contributed by atoms with van der Waals surface area (Å²) in [6.07, 6.45) is 2.29. The van der Waals surface area contributed by atoms with Crippen molar-refractivity contribution in [1.29, 1.82) is 0 Å². The Labute approximate surface area is 209 Å². The lowest BCUT2D eigenvalue weighted by Crippen LogP contribution is -2.60. The van der Waals surface area contributed by atoms with Crippen molar-refractivity contribution < 1.29 is 23.9 Å². The number of hydrogen-bond acceptors (Lipinski definition) is 7. The first-order chi connectivity index (χ1) is 16.8. The summed E-state index contributed by atoms with van der Waals surface area (Å²) in [4.78, 5) is 45.0. The Kier molecular flexibility index (Phi) is 7.76. The number of rotatable bonds is 5. The highest BCUT2D eigenvalue weighted by Crippen LogP contribution is 2.36. The van der Waals surface area contributed by atoms with Crippen molar-refractivity contribution in [2.45, 2.75) is 45.2 Å². The summed E-state index contributed by atoms with van der Waals surface area (Å²) in [7, 11) is 1.40. The zero-order valence-corrected chi connectivity index (χ0v) is 20.8. The molecular formula is C25H31ClN4O5. The number of hydrogen-bond donors (Lipinski definition) is 1. The molecule has 2 aromatic rings. The van der Waals surface area contributed by atoms with Gasteiger partial charge < -0.3 is 25.0 Å². The predicted molar refractivity (Wildman–Crippen MR) is 131 cm³/mol. The number of benzene rings is 1. The highest BCUT2D eigenvalue weighted by Gasteiger charge is 2.32. The first-order valence-electron chi connectivity index (χ1n) is 12.0. The van der Waals surface area contributed by atoms with Crippen LogP contribution in [0.3, 0.4) is 0 Å². The number of methoxy groups -OCH3 is 1. The summed E-state index contributed by atoms with van der Waals surface area (Å²) in [6.45, 7) is 3.18. The molecule has 2 atom stereocenters. The van der Waals surface area contributed by atoms with Crippen molar-refractivity contribution in [2.24, 2.45) is 11.7 Å². The Hall–Kier alpha value is -2.91. The molecule has 1 aromatic heterocycles. The van der Waals surface area contributed by atoms with Gasteiger partial charge in [-0.05, 0) is 49.3 Å². The minimum Gasteiger partial charge on any atom is -0.469 e. The molecule has 10 heteroatoms. The summed E-state index contributed by atoms with van der Waals surface area (Å²) >= 11 is 6.76. The maximum absolute atomic E-state index is 13.3. The Morgan fingerprint density at radius 2 is 2.06 bits per heavy atom. The van der Waals surface area contributed by atoms with Crippen LogP contribution in [0.2, 0.25) is 5.02 Å². The molecule has 2 N–H and O–H groups in total. The lowest BCUT2D eigenvalue weighted by Gasteiger charge is -2.39. The molecule has 0 spiro atoms. The van der Waals surface area contributed by atoms with Crippen LogP contribution in [0.15, 0.2) is 18.2 Å². The van der Waals surface area contributed by atoms with Crippen LogP contribution in [0.5, 0.6) is 0 Å². The van der Waals surface area contributed by atoms with Crippen LogP contribution in [0, 0.1) is 5.92 Å². The van der Waals surface area contributed by atoms with Gasteiger partial charge >= 0.3 is 12.1 Å². The smallest absolute Gasteiger partial charge is 0.409 e. The van der Waals surface area contributed by atoms with Crippen molar-refractivity contribution in [2.75, 3.05) is 33.4 Å². The molecular weight excluding hydrogens is 472 g/mol. The van der Waals surface area contributed by atoms with Crippen LogP contribution in [-0.4, -0.2) is 72.3 Å². The maximum atomic E-state index is 13.3. The zero-order valence-electron chi connectivity index (χ0n) is 20.1. The van der Waals surface area contributed by atoms with Gasteiger partial charge in [0.05, 0.1) is 37.0 Å². The summed E-state index contributed by atoms with van der Waals surface area (Å²) in [5.74, 6) is -0.259. The van der Waals surface area contributed by atoms with E-state index in [9.17, 15) is 14.4 Å². The van der Waals surface area contributed by atoms with Gasteiger partial charge in [0.2, 0.25) is 0 Å². The minimum atomic E-state index is -0.632. The van der Waals surface area contributed by atoms with E-state index in [0.29, 0.717) is 55.1 Å². The monoisotopic (exact) mass is 502 g/mol. The van der Waals surface area contributed by atoms with Gasteiger partial charge in [0.15, 0.2) is 0 Å². The summed E-state index contributed by atoms with van der Waals surface area (Å²) in [5.41, 5.74) is 9.24. The van der Waals surface area contributed by atoms with E-state index < -0.39 is 12.3 Å². The topological polar surface area (TPSA) is 115 Å². The Balaban J connectivity index is 1.50. The second-order valence-electron chi connectivity index (χ2n) is 9.10. The number of pyridine rings is 1. The normalized spacial score (nSPS) is 19.9. The lowest BCUT2D eigenvalue weighted by molar-refractivity contribution is -0.141. The number of ether oxygens (including phenoxy) is 2. The average Bonchev–Trinajstić information content (AvgIpc) is 2.86. The number of piperazine rings is 1. The lowest BCUT2D eigenvalue weighted by atomic mass is 9.84. The van der Waals surface area contributed by atoms with Gasteiger partial charge in [-0.15, -0.1) is 0 Å². The number of carbonyl (C=O) groups excluding carboxylic acids is 3. The first kappa shape index (κ1) is 25.2. The number of amides is 2. The highest BCUT2D eigenvalue weighted by atomic mass is 35.5. The van der Waals surface area contributed by atoms with Crippen LogP contribution < -0.4 is 5.73 Å². The molecule has 9 nitrogen and oxygen atoms in total. The van der Waals surface area contributed by atoms with Crippen molar-refractivity contribution in [3.05, 3.63) is 40.0 Å². The summed E-state index contributed by atoms with van der Waals surface area (Å²) < 4.78 is 9.99. The fourth-order valence-electron chi connectivity index (χ4n) is 4.76. The van der Waals surface area contributed by atoms with Gasteiger partial charge in [0.25, 0.3) is 5.91 Å². The van der Waals surface area contributed by atoms with E-state index in [2.05, 4.69) is 0 Å². The number of nitrogens with zero attached hydrogens (tertiary/aromatic N) is 3. The predicted octanol–water partition coefficient (Wildman–Crippen LogP) is 3.15. The molecule has 1 saturated heterocycles. The Morgan fingerprint density at radius 1 is 1.26 bits per heavy atom. The first-order valence-corrected chi connectivity index (χ1v) is 12.4. The number of esters is 1. The van der Waals surface area contributed by atoms with Gasteiger partial charge in [0, 0.05) is 36.2 Å². The summed E-state index contributed by atoms with van der Waals surface area (Å²) in [5, 5.41) is 1.39. The molecule has 0 saturated carbocycles. The van der Waals surface area contributed by atoms with Gasteiger partial charge in [-0.3, -0.25) is 14.6 Å². The second kappa shape index (κ2) is 10.8. The molecule has 1 aliphatic carbocycles. The van der Waals surface area contributed by atoms with Crippen LogP contribution in [0.25, 0.3) is 10.9 Å². The van der Waals surface area contributed by atoms with Crippen molar-refractivity contribution in [1.82, 2.24) is 14.8 Å². The third kappa shape index (κ3) is 5.36. The van der Waals surface area contributed by atoms with Crippen molar-refractivity contribution >= 4 is 40.5 Å². The van der Waals surface area contributed by atoms with E-state index in [1.165, 1.54) is 12.0 Å². The number of aromatic nitrogens is 1. The standard InChI is InChI=1S/C25H31ClN4O5/c1-3-10-35-25(33)29-8-9-30(21(27)14-29)24(32)16-5-6-17-20(13-16)28-19-7-4-15(12-22(31)34-2)11-18(19)23(17)26/h5-6,13,15,21H,3-4,7-12,14,27H2,1-2H3/t15?,21-/m0/s1. The largest absolute Gasteiger partial charge is 0.469 e. The van der Waals surface area contributed by atoms with Crippen LogP contribution in [0.1, 0.15) is 47.8 Å². The van der Waals surface area contributed by atoms with E-state index in [1.54, 1.807) is 17.0 Å². The molecule has 0 radical (unpaired) electrons. The van der Waals surface area contributed by atoms with E-state index in [-0.39, 0.29) is 24.3 Å². The SMILES string of the molecule is CCCOC(=O)N1CCN(C(=O)c2ccc3c(Cl)c4c(nc3c2)CCC(CC(=O)OC)C4)[C@H](N)C1. The average molecular weight is 503 g/mol. The molecule has 1 fully saturated rings. The van der Waals surface area contributed by atoms with Gasteiger partial charge in [-0.2, -0.15) is 0 Å². The van der Waals surface area contributed by atoms with Crippen molar-refractivity contribution in [3.8, 4) is 0 Å². The quantitative estimate of drug-likeness (QED) is 0.624. The van der Waals surface area contributed by atoms with Crippen LogP contribution in [-0.2, 0) is 27.1 Å². The zero-order chi connectivity index (χ0) is 25.1. The summed E-state index contributed by atoms with van der Waals surface area (Å²) in [6, 6.07) is 5.29. The molecule has 4 rings (SSSR count). The minimum absolute atomic E-state index is 0.173. The van der Waals surface area contributed by atoms with E-state index in [4.69, 9.17) is 31.8 Å². The maximum Gasteiger partial charge on any atom is 0.409 e. The third-order valence-electron chi connectivity index (χ3n) is 6.68. The molecule has 1 aromatic carbocycles. The Morgan fingerprint density at radius 3 is 2.77 bits per heavy atom. The van der Waals surface area contributed by atoms with E-state index in [0.717, 1.165) is 29.5 Å². The van der Waals surface area contributed by atoms with Crippen LogP contribution in [0.4, 0.5) is 4.79 Å². The second-order valence-corrected chi connectivity index (χ2v) is 9.48. The van der Waals surface area contributed by atoms with Gasteiger partial charge in [-0.1, -0.05) is 24.6 Å². The van der Waals surface area contributed by atoms with Crippen molar-refractivity contribution in [3.63, 3.8) is 0 Å². The molecule has 35 heavy (non-hydrogen) atoms.